The predicted octanol–water partition coefficient (Wildman–Crippen LogP) is 3.44. The first-order valence-corrected chi connectivity index (χ1v) is 7.86. The van der Waals surface area contributed by atoms with Gasteiger partial charge in [0.2, 0.25) is 5.91 Å². The van der Waals surface area contributed by atoms with Crippen molar-refractivity contribution in [3.63, 3.8) is 0 Å². The predicted molar refractivity (Wildman–Crippen MR) is 87.0 cm³/mol. The second-order valence-corrected chi connectivity index (χ2v) is 5.59. The van der Waals surface area contributed by atoms with E-state index in [1.165, 1.54) is 0 Å². The van der Waals surface area contributed by atoms with Crippen LogP contribution in [0.4, 0.5) is 5.69 Å². The summed E-state index contributed by atoms with van der Waals surface area (Å²) in [6, 6.07) is 11.6. The van der Waals surface area contributed by atoms with Crippen molar-refractivity contribution in [2.45, 2.75) is 19.9 Å². The van der Waals surface area contributed by atoms with Crippen LogP contribution in [0.3, 0.4) is 0 Å². The Kier molecular flexibility index (Phi) is 5.63. The van der Waals surface area contributed by atoms with Gasteiger partial charge < -0.3 is 15.4 Å². The minimum absolute atomic E-state index is 0.0233. The molecule has 0 saturated heterocycles. The average molecular weight is 304 g/mol. The summed E-state index contributed by atoms with van der Waals surface area (Å²) in [4.78, 5) is 13.1. The number of rotatable bonds is 7. The summed E-state index contributed by atoms with van der Waals surface area (Å²) in [6.07, 6.45) is 0. The molecule has 0 aliphatic rings. The molecule has 21 heavy (non-hydrogen) atoms. The van der Waals surface area contributed by atoms with Crippen LogP contribution in [-0.2, 0) is 4.79 Å². The molecular weight excluding hydrogens is 284 g/mol. The van der Waals surface area contributed by atoms with Gasteiger partial charge in [0.05, 0.1) is 19.2 Å². The Bertz CT molecular complexity index is 552. The van der Waals surface area contributed by atoms with Gasteiger partial charge in [-0.3, -0.25) is 4.79 Å². The number of anilines is 1. The third-order valence-corrected chi connectivity index (χ3v) is 4.02. The summed E-state index contributed by atoms with van der Waals surface area (Å²) in [6.45, 7) is 4.84. The van der Waals surface area contributed by atoms with Gasteiger partial charge in [-0.1, -0.05) is 6.07 Å². The number of benzene rings is 1. The molecule has 1 amide bonds. The highest BCUT2D eigenvalue weighted by molar-refractivity contribution is 7.10. The van der Waals surface area contributed by atoms with E-state index < -0.39 is 0 Å². The molecule has 2 N–H and O–H groups in total. The highest BCUT2D eigenvalue weighted by Gasteiger charge is 2.09. The maximum atomic E-state index is 11.9. The molecule has 1 unspecified atom stereocenters. The van der Waals surface area contributed by atoms with Crippen LogP contribution in [0.25, 0.3) is 0 Å². The van der Waals surface area contributed by atoms with E-state index in [4.69, 9.17) is 4.74 Å². The van der Waals surface area contributed by atoms with Gasteiger partial charge in [0.1, 0.15) is 5.75 Å². The van der Waals surface area contributed by atoms with E-state index in [1.807, 2.05) is 55.6 Å². The van der Waals surface area contributed by atoms with Crippen molar-refractivity contribution in [3.05, 3.63) is 46.7 Å². The van der Waals surface area contributed by atoms with Crippen LogP contribution in [0.1, 0.15) is 24.8 Å². The van der Waals surface area contributed by atoms with E-state index in [0.717, 1.165) is 16.3 Å². The molecule has 0 aliphatic heterocycles. The van der Waals surface area contributed by atoms with E-state index in [0.29, 0.717) is 6.61 Å². The van der Waals surface area contributed by atoms with E-state index in [9.17, 15) is 4.79 Å². The van der Waals surface area contributed by atoms with E-state index >= 15 is 0 Å². The Labute approximate surface area is 129 Å². The summed E-state index contributed by atoms with van der Waals surface area (Å²) >= 11 is 1.64. The molecule has 5 heteroatoms. The van der Waals surface area contributed by atoms with E-state index in [2.05, 4.69) is 10.6 Å². The third kappa shape index (κ3) is 4.79. The fraction of sp³-hybridized carbons (Fsp3) is 0.312. The summed E-state index contributed by atoms with van der Waals surface area (Å²) in [5.41, 5.74) is 0.900. The minimum atomic E-state index is -0.0233. The van der Waals surface area contributed by atoms with Crippen molar-refractivity contribution in [1.82, 2.24) is 5.32 Å². The summed E-state index contributed by atoms with van der Waals surface area (Å²) < 4.78 is 5.37. The van der Waals surface area contributed by atoms with Crippen LogP contribution in [0.5, 0.6) is 5.75 Å². The van der Waals surface area contributed by atoms with Crippen LogP contribution in [0.15, 0.2) is 41.8 Å². The topological polar surface area (TPSA) is 50.4 Å². The fourth-order valence-corrected chi connectivity index (χ4v) is 2.65. The molecule has 0 radical (unpaired) electrons. The molecule has 0 spiro atoms. The van der Waals surface area contributed by atoms with Gasteiger partial charge in [0.15, 0.2) is 0 Å². The van der Waals surface area contributed by atoms with Crippen molar-refractivity contribution in [2.24, 2.45) is 0 Å². The molecule has 1 aromatic heterocycles. The number of nitrogens with one attached hydrogen (secondary N) is 2. The maximum absolute atomic E-state index is 11.9. The molecule has 1 heterocycles. The first-order valence-electron chi connectivity index (χ1n) is 6.98. The number of amides is 1. The van der Waals surface area contributed by atoms with Gasteiger partial charge in [0.25, 0.3) is 0 Å². The Morgan fingerprint density at radius 1 is 1.29 bits per heavy atom. The normalized spacial score (nSPS) is 11.7. The number of carbonyl (C=O) groups excluding carboxylic acids is 1. The Balaban J connectivity index is 1.78. The van der Waals surface area contributed by atoms with Gasteiger partial charge in [-0.25, -0.2) is 0 Å². The van der Waals surface area contributed by atoms with Crippen molar-refractivity contribution < 1.29 is 9.53 Å². The van der Waals surface area contributed by atoms with Crippen LogP contribution in [-0.4, -0.2) is 19.1 Å². The number of carbonyl (C=O) groups is 1. The van der Waals surface area contributed by atoms with Gasteiger partial charge in [-0.05, 0) is 49.6 Å². The summed E-state index contributed by atoms with van der Waals surface area (Å²) in [5.74, 6) is 0.809. The molecule has 4 nitrogen and oxygen atoms in total. The van der Waals surface area contributed by atoms with Crippen LogP contribution in [0, 0.1) is 0 Å². The Hall–Kier alpha value is -2.01. The average Bonchev–Trinajstić information content (AvgIpc) is 3.01. The lowest BCUT2D eigenvalue weighted by molar-refractivity contribution is -0.120. The Morgan fingerprint density at radius 3 is 2.67 bits per heavy atom. The highest BCUT2D eigenvalue weighted by atomic mass is 32.1. The monoisotopic (exact) mass is 304 g/mol. The zero-order chi connectivity index (χ0) is 15.1. The number of thiophene rings is 1. The first kappa shape index (κ1) is 15.4. The largest absolute Gasteiger partial charge is 0.494 e. The lowest BCUT2D eigenvalue weighted by Crippen LogP contribution is -2.31. The molecule has 0 bridgehead atoms. The fourth-order valence-electron chi connectivity index (χ4n) is 1.92. The van der Waals surface area contributed by atoms with Gasteiger partial charge in [-0.2, -0.15) is 0 Å². The molecule has 112 valence electrons. The number of ether oxygens (including phenoxy) is 1. The first-order chi connectivity index (χ1) is 10.2. The molecule has 0 fully saturated rings. The van der Waals surface area contributed by atoms with Gasteiger partial charge >= 0.3 is 0 Å². The van der Waals surface area contributed by atoms with Gasteiger partial charge in [-0.15, -0.1) is 11.3 Å². The number of hydrogen-bond acceptors (Lipinski definition) is 4. The highest BCUT2D eigenvalue weighted by Crippen LogP contribution is 2.18. The summed E-state index contributed by atoms with van der Waals surface area (Å²) in [5, 5.41) is 8.08. The van der Waals surface area contributed by atoms with Crippen molar-refractivity contribution in [1.29, 1.82) is 0 Å². The van der Waals surface area contributed by atoms with E-state index in [1.54, 1.807) is 11.3 Å². The lowest BCUT2D eigenvalue weighted by Gasteiger charge is -2.13. The number of hydrogen-bond donors (Lipinski definition) is 2. The molecular formula is C16H20N2O2S. The molecule has 2 rings (SSSR count). The van der Waals surface area contributed by atoms with Crippen molar-refractivity contribution in [2.75, 3.05) is 18.5 Å². The van der Waals surface area contributed by atoms with E-state index in [-0.39, 0.29) is 18.5 Å². The maximum Gasteiger partial charge on any atom is 0.239 e. The second kappa shape index (κ2) is 7.69. The zero-order valence-corrected chi connectivity index (χ0v) is 13.1. The molecule has 2 aromatic rings. The minimum Gasteiger partial charge on any atom is -0.494 e. The van der Waals surface area contributed by atoms with Crippen LogP contribution < -0.4 is 15.4 Å². The molecule has 0 saturated carbocycles. The molecule has 0 aliphatic carbocycles. The molecule has 1 atom stereocenters. The zero-order valence-electron chi connectivity index (χ0n) is 12.3. The van der Waals surface area contributed by atoms with Crippen molar-refractivity contribution >= 4 is 22.9 Å². The lowest BCUT2D eigenvalue weighted by atomic mass is 10.2. The third-order valence-electron chi connectivity index (χ3n) is 2.97. The smallest absolute Gasteiger partial charge is 0.239 e. The van der Waals surface area contributed by atoms with Gasteiger partial charge in [0, 0.05) is 10.6 Å². The Morgan fingerprint density at radius 2 is 2.05 bits per heavy atom. The standard InChI is InChI=1S/C16H20N2O2S/c1-3-20-14-8-6-13(7-9-14)17-11-16(19)18-12(2)15-5-4-10-21-15/h4-10,12,17H,3,11H2,1-2H3,(H,18,19). The second-order valence-electron chi connectivity index (χ2n) is 4.62. The quantitative estimate of drug-likeness (QED) is 0.824. The van der Waals surface area contributed by atoms with Crippen LogP contribution in [0.2, 0.25) is 0 Å². The van der Waals surface area contributed by atoms with Crippen molar-refractivity contribution in [3.8, 4) is 5.75 Å². The molecule has 1 aromatic carbocycles. The van der Waals surface area contributed by atoms with Crippen LogP contribution >= 0.6 is 11.3 Å². The SMILES string of the molecule is CCOc1ccc(NCC(=O)NC(C)c2cccs2)cc1. The summed E-state index contributed by atoms with van der Waals surface area (Å²) in [7, 11) is 0.